The van der Waals surface area contributed by atoms with Crippen LogP contribution >= 0.6 is 11.6 Å². The number of nitrogen functional groups attached to an aromatic ring is 1. The standard InChI is InChI=1S/C22H21ClN6/c1-14(24)29-19-8-2-15(16-3-9-21(25)27-13-16)12-20(19)28(11-10-22(29)26)18-6-4-17(23)5-7-18/h2-9,12-13,24,26H,10-11H2,1H3,(H2,25,27). The number of anilines is 4. The summed E-state index contributed by atoms with van der Waals surface area (Å²) >= 11 is 6.08. The molecule has 0 aliphatic carbocycles. The van der Waals surface area contributed by atoms with Crippen molar-refractivity contribution in [3.8, 4) is 11.1 Å². The van der Waals surface area contributed by atoms with E-state index >= 15 is 0 Å². The van der Waals surface area contributed by atoms with Gasteiger partial charge >= 0.3 is 0 Å². The summed E-state index contributed by atoms with van der Waals surface area (Å²) in [5, 5.41) is 17.4. The van der Waals surface area contributed by atoms with Gasteiger partial charge in [-0.1, -0.05) is 17.7 Å². The van der Waals surface area contributed by atoms with Crippen LogP contribution in [0.2, 0.25) is 5.02 Å². The SMILES string of the molecule is CC(=N)N1C(=N)CCN(c2ccc(Cl)cc2)c2cc(-c3ccc(N)nc3)ccc21. The fourth-order valence-corrected chi connectivity index (χ4v) is 3.68. The molecule has 0 saturated heterocycles. The van der Waals surface area contributed by atoms with E-state index in [0.29, 0.717) is 35.5 Å². The molecule has 2 heterocycles. The summed E-state index contributed by atoms with van der Waals surface area (Å²) < 4.78 is 0. The Balaban J connectivity index is 1.89. The highest BCUT2D eigenvalue weighted by molar-refractivity contribution is 6.30. The van der Waals surface area contributed by atoms with Gasteiger partial charge in [0.05, 0.1) is 11.4 Å². The average Bonchev–Trinajstić information content (AvgIpc) is 2.85. The Labute approximate surface area is 174 Å². The maximum atomic E-state index is 8.49. The number of fused-ring (bicyclic) bond motifs is 1. The van der Waals surface area contributed by atoms with Crippen LogP contribution in [0.1, 0.15) is 13.3 Å². The van der Waals surface area contributed by atoms with E-state index in [2.05, 4.69) is 16.0 Å². The quantitative estimate of drug-likeness (QED) is 0.398. The van der Waals surface area contributed by atoms with Gasteiger partial charge in [-0.15, -0.1) is 0 Å². The number of benzene rings is 2. The van der Waals surface area contributed by atoms with E-state index in [-0.39, 0.29) is 0 Å². The number of pyridine rings is 1. The Bertz CT molecular complexity index is 1080. The van der Waals surface area contributed by atoms with Crippen LogP contribution in [-0.4, -0.2) is 23.2 Å². The second kappa shape index (κ2) is 7.56. The van der Waals surface area contributed by atoms with E-state index in [0.717, 1.165) is 28.2 Å². The first-order valence-corrected chi connectivity index (χ1v) is 9.63. The Morgan fingerprint density at radius 1 is 1.03 bits per heavy atom. The zero-order chi connectivity index (χ0) is 20.5. The molecule has 4 N–H and O–H groups in total. The largest absolute Gasteiger partial charge is 0.384 e. The molecule has 1 aromatic heterocycles. The second-order valence-corrected chi connectivity index (χ2v) is 7.36. The number of amidine groups is 2. The van der Waals surface area contributed by atoms with Crippen LogP contribution < -0.4 is 15.5 Å². The van der Waals surface area contributed by atoms with Crippen LogP contribution in [0.5, 0.6) is 0 Å². The molecular formula is C22H21ClN6. The third kappa shape index (κ3) is 3.67. The Kier molecular flexibility index (Phi) is 4.94. The molecule has 0 spiro atoms. The lowest BCUT2D eigenvalue weighted by atomic mass is 10.0. The normalized spacial score (nSPS) is 13.8. The number of halogens is 1. The van der Waals surface area contributed by atoms with Crippen LogP contribution in [0, 0.1) is 10.8 Å². The van der Waals surface area contributed by atoms with Crippen molar-refractivity contribution in [2.75, 3.05) is 22.1 Å². The molecule has 6 nitrogen and oxygen atoms in total. The molecule has 3 aromatic rings. The molecule has 0 fully saturated rings. The van der Waals surface area contributed by atoms with Crippen molar-refractivity contribution < 1.29 is 0 Å². The molecule has 0 amide bonds. The molecule has 0 atom stereocenters. The van der Waals surface area contributed by atoms with E-state index in [1.165, 1.54) is 0 Å². The molecule has 0 bridgehead atoms. The Hall–Kier alpha value is -3.38. The van der Waals surface area contributed by atoms with E-state index in [1.54, 1.807) is 24.1 Å². The monoisotopic (exact) mass is 404 g/mol. The number of hydrogen-bond donors (Lipinski definition) is 3. The summed E-state index contributed by atoms with van der Waals surface area (Å²) in [4.78, 5) is 8.05. The van der Waals surface area contributed by atoms with Gasteiger partial charge in [-0.05, 0) is 61.0 Å². The summed E-state index contributed by atoms with van der Waals surface area (Å²) in [6, 6.07) is 17.4. The molecule has 0 radical (unpaired) electrons. The highest BCUT2D eigenvalue weighted by atomic mass is 35.5. The van der Waals surface area contributed by atoms with Gasteiger partial charge < -0.3 is 10.6 Å². The molecular weight excluding hydrogens is 384 g/mol. The van der Waals surface area contributed by atoms with Crippen molar-refractivity contribution in [1.82, 2.24) is 4.98 Å². The molecule has 29 heavy (non-hydrogen) atoms. The highest BCUT2D eigenvalue weighted by Gasteiger charge is 2.26. The summed E-state index contributed by atoms with van der Waals surface area (Å²) in [5.74, 6) is 1.19. The number of aromatic nitrogens is 1. The Morgan fingerprint density at radius 3 is 2.41 bits per heavy atom. The van der Waals surface area contributed by atoms with Crippen molar-refractivity contribution in [3.63, 3.8) is 0 Å². The molecule has 1 aliphatic rings. The number of hydrogen-bond acceptors (Lipinski definition) is 5. The zero-order valence-corrected chi connectivity index (χ0v) is 16.7. The number of nitrogens with two attached hydrogens (primary N) is 1. The van der Waals surface area contributed by atoms with Gasteiger partial charge in [0.1, 0.15) is 17.5 Å². The molecule has 7 heteroatoms. The minimum Gasteiger partial charge on any atom is -0.384 e. The smallest absolute Gasteiger partial charge is 0.123 e. The van der Waals surface area contributed by atoms with Crippen LogP contribution in [0.4, 0.5) is 22.9 Å². The lowest BCUT2D eigenvalue weighted by Crippen LogP contribution is -2.33. The van der Waals surface area contributed by atoms with Gasteiger partial charge in [-0.25, -0.2) is 4.98 Å². The average molecular weight is 405 g/mol. The van der Waals surface area contributed by atoms with E-state index in [4.69, 9.17) is 28.2 Å². The minimum absolute atomic E-state index is 0.316. The van der Waals surface area contributed by atoms with E-state index in [9.17, 15) is 0 Å². The Morgan fingerprint density at radius 2 is 1.76 bits per heavy atom. The summed E-state index contributed by atoms with van der Waals surface area (Å²) in [5.41, 5.74) is 10.4. The summed E-state index contributed by atoms with van der Waals surface area (Å²) in [7, 11) is 0. The molecule has 4 rings (SSSR count). The van der Waals surface area contributed by atoms with Gasteiger partial charge in [-0.2, -0.15) is 0 Å². The first kappa shape index (κ1) is 19.0. The minimum atomic E-state index is 0.316. The van der Waals surface area contributed by atoms with Crippen LogP contribution in [0.3, 0.4) is 0 Å². The number of nitrogens with one attached hydrogen (secondary N) is 2. The van der Waals surface area contributed by atoms with Crippen molar-refractivity contribution in [2.45, 2.75) is 13.3 Å². The molecule has 1 aliphatic heterocycles. The topological polar surface area (TPSA) is 93.1 Å². The molecule has 2 aromatic carbocycles. The van der Waals surface area contributed by atoms with Gasteiger partial charge in [0.25, 0.3) is 0 Å². The van der Waals surface area contributed by atoms with E-state index < -0.39 is 0 Å². The van der Waals surface area contributed by atoms with Crippen molar-refractivity contribution in [2.24, 2.45) is 0 Å². The zero-order valence-electron chi connectivity index (χ0n) is 16.0. The third-order valence-corrected chi connectivity index (χ3v) is 5.19. The van der Waals surface area contributed by atoms with Crippen LogP contribution in [-0.2, 0) is 0 Å². The summed E-state index contributed by atoms with van der Waals surface area (Å²) in [6.07, 6.45) is 2.27. The summed E-state index contributed by atoms with van der Waals surface area (Å²) in [6.45, 7) is 2.33. The van der Waals surface area contributed by atoms with Gasteiger partial charge in [-0.3, -0.25) is 15.7 Å². The highest BCUT2D eigenvalue weighted by Crippen LogP contribution is 2.40. The lowest BCUT2D eigenvalue weighted by molar-refractivity contribution is 0.970. The maximum absolute atomic E-state index is 8.49. The first-order valence-electron chi connectivity index (χ1n) is 9.26. The van der Waals surface area contributed by atoms with E-state index in [1.807, 2.05) is 42.5 Å². The van der Waals surface area contributed by atoms with Gasteiger partial charge in [0, 0.05) is 35.4 Å². The van der Waals surface area contributed by atoms with Gasteiger partial charge in [0.2, 0.25) is 0 Å². The number of nitrogens with zero attached hydrogens (tertiary/aromatic N) is 3. The first-order chi connectivity index (χ1) is 13.9. The molecule has 0 unspecified atom stereocenters. The number of rotatable bonds is 2. The van der Waals surface area contributed by atoms with Crippen molar-refractivity contribution in [3.05, 3.63) is 65.8 Å². The predicted molar refractivity (Wildman–Crippen MR) is 121 cm³/mol. The fourth-order valence-electron chi connectivity index (χ4n) is 3.55. The lowest BCUT2D eigenvalue weighted by Gasteiger charge is -2.27. The predicted octanol–water partition coefficient (Wildman–Crippen LogP) is 5.31. The third-order valence-electron chi connectivity index (χ3n) is 4.94. The van der Waals surface area contributed by atoms with Crippen molar-refractivity contribution in [1.29, 1.82) is 10.8 Å². The molecule has 0 saturated carbocycles. The fraction of sp³-hybridized carbons (Fsp3) is 0.136. The maximum Gasteiger partial charge on any atom is 0.123 e. The second-order valence-electron chi connectivity index (χ2n) is 6.92. The van der Waals surface area contributed by atoms with Crippen molar-refractivity contribution >= 4 is 46.2 Å². The van der Waals surface area contributed by atoms with Crippen LogP contribution in [0.25, 0.3) is 11.1 Å². The van der Waals surface area contributed by atoms with Crippen LogP contribution in [0.15, 0.2) is 60.8 Å². The molecule has 146 valence electrons. The van der Waals surface area contributed by atoms with Gasteiger partial charge in [0.15, 0.2) is 0 Å².